The van der Waals surface area contributed by atoms with E-state index < -0.39 is 11.6 Å². The molecule has 0 bridgehead atoms. The molecule has 0 aliphatic rings. The molecule has 1 unspecified atom stereocenters. The van der Waals surface area contributed by atoms with Crippen LogP contribution in [0.5, 0.6) is 0 Å². The maximum absolute atomic E-state index is 13.1. The zero-order chi connectivity index (χ0) is 10.6. The van der Waals surface area contributed by atoms with Crippen molar-refractivity contribution >= 4 is 5.82 Å². The molecule has 0 radical (unpaired) electrons. The molecular weight excluding hydrogens is 186 g/mol. The maximum Gasteiger partial charge on any atom is 0.168 e. The molecule has 0 fully saturated rings. The van der Waals surface area contributed by atoms with Crippen LogP contribution in [-0.2, 0) is 0 Å². The number of halogens is 2. The number of aromatic nitrogens is 1. The van der Waals surface area contributed by atoms with Crippen LogP contribution in [0.15, 0.2) is 24.9 Å². The summed E-state index contributed by atoms with van der Waals surface area (Å²) in [7, 11) is 0. The monoisotopic (exact) mass is 198 g/mol. The number of pyridine rings is 1. The van der Waals surface area contributed by atoms with Crippen molar-refractivity contribution in [3.05, 3.63) is 36.6 Å². The van der Waals surface area contributed by atoms with E-state index in [4.69, 9.17) is 0 Å². The van der Waals surface area contributed by atoms with Crippen molar-refractivity contribution < 1.29 is 8.78 Å². The molecule has 0 saturated heterocycles. The number of nitrogens with zero attached hydrogens (tertiary/aromatic N) is 1. The molecule has 0 aromatic carbocycles. The van der Waals surface area contributed by atoms with Crippen LogP contribution in [0.2, 0.25) is 0 Å². The number of nitrogens with one attached hydrogen (secondary N) is 1. The van der Waals surface area contributed by atoms with Crippen LogP contribution >= 0.6 is 0 Å². The van der Waals surface area contributed by atoms with Crippen LogP contribution in [0.3, 0.4) is 0 Å². The third-order valence-electron chi connectivity index (χ3n) is 1.71. The Balaban J connectivity index is 2.71. The van der Waals surface area contributed by atoms with E-state index in [2.05, 4.69) is 16.9 Å². The first-order chi connectivity index (χ1) is 6.63. The molecule has 1 aromatic heterocycles. The highest BCUT2D eigenvalue weighted by Crippen LogP contribution is 2.12. The standard InChI is InChI=1S/C10H12F2N2/c1-3-4-7(2)14-10-9(12)5-8(11)6-13-10/h3,5-7H,1,4H2,2H3,(H,13,14). The Morgan fingerprint density at radius 1 is 1.64 bits per heavy atom. The molecule has 0 aliphatic carbocycles. The van der Waals surface area contributed by atoms with Gasteiger partial charge in [0.05, 0.1) is 6.20 Å². The quantitative estimate of drug-likeness (QED) is 0.752. The number of hydrogen-bond acceptors (Lipinski definition) is 2. The second kappa shape index (κ2) is 4.69. The third kappa shape index (κ3) is 2.80. The zero-order valence-electron chi connectivity index (χ0n) is 7.93. The van der Waals surface area contributed by atoms with E-state index >= 15 is 0 Å². The lowest BCUT2D eigenvalue weighted by Gasteiger charge is -2.12. The van der Waals surface area contributed by atoms with Crippen LogP contribution in [0, 0.1) is 11.6 Å². The number of anilines is 1. The molecule has 14 heavy (non-hydrogen) atoms. The highest BCUT2D eigenvalue weighted by molar-refractivity contribution is 5.36. The summed E-state index contributed by atoms with van der Waals surface area (Å²) >= 11 is 0. The van der Waals surface area contributed by atoms with Crippen molar-refractivity contribution in [2.75, 3.05) is 5.32 Å². The molecule has 0 saturated carbocycles. The molecule has 4 heteroatoms. The second-order valence-electron chi connectivity index (χ2n) is 3.05. The van der Waals surface area contributed by atoms with E-state index in [0.717, 1.165) is 12.3 Å². The zero-order valence-corrected chi connectivity index (χ0v) is 7.93. The third-order valence-corrected chi connectivity index (χ3v) is 1.71. The van der Waals surface area contributed by atoms with E-state index in [-0.39, 0.29) is 11.9 Å². The van der Waals surface area contributed by atoms with Crippen LogP contribution in [-0.4, -0.2) is 11.0 Å². The van der Waals surface area contributed by atoms with Gasteiger partial charge in [-0.15, -0.1) is 6.58 Å². The van der Waals surface area contributed by atoms with Gasteiger partial charge < -0.3 is 5.32 Å². The first kappa shape index (κ1) is 10.6. The van der Waals surface area contributed by atoms with Crippen molar-refractivity contribution in [1.82, 2.24) is 4.98 Å². The van der Waals surface area contributed by atoms with Gasteiger partial charge in [0.2, 0.25) is 0 Å². The van der Waals surface area contributed by atoms with Crippen LogP contribution in [0.25, 0.3) is 0 Å². The van der Waals surface area contributed by atoms with Gasteiger partial charge in [0.15, 0.2) is 11.6 Å². The van der Waals surface area contributed by atoms with Gasteiger partial charge in [-0.3, -0.25) is 0 Å². The lowest BCUT2D eigenvalue weighted by Crippen LogP contribution is -2.16. The molecule has 1 heterocycles. The van der Waals surface area contributed by atoms with Gasteiger partial charge in [-0.05, 0) is 13.3 Å². The SMILES string of the molecule is C=CCC(C)Nc1ncc(F)cc1F. The van der Waals surface area contributed by atoms with Gasteiger partial charge in [0, 0.05) is 12.1 Å². The van der Waals surface area contributed by atoms with E-state index in [1.165, 1.54) is 0 Å². The molecule has 1 aromatic rings. The van der Waals surface area contributed by atoms with Crippen molar-refractivity contribution in [1.29, 1.82) is 0 Å². The average Bonchev–Trinajstić information content (AvgIpc) is 2.10. The minimum Gasteiger partial charge on any atom is -0.365 e. The Kier molecular flexibility index (Phi) is 3.56. The van der Waals surface area contributed by atoms with Gasteiger partial charge >= 0.3 is 0 Å². The van der Waals surface area contributed by atoms with E-state index in [0.29, 0.717) is 6.42 Å². The molecule has 76 valence electrons. The molecule has 0 amide bonds. The van der Waals surface area contributed by atoms with Crippen LogP contribution in [0.1, 0.15) is 13.3 Å². The lowest BCUT2D eigenvalue weighted by atomic mass is 10.2. The van der Waals surface area contributed by atoms with Crippen molar-refractivity contribution in [2.24, 2.45) is 0 Å². The molecule has 0 aliphatic heterocycles. The Morgan fingerprint density at radius 2 is 2.36 bits per heavy atom. The van der Waals surface area contributed by atoms with Crippen LogP contribution < -0.4 is 5.32 Å². The van der Waals surface area contributed by atoms with Gasteiger partial charge in [-0.1, -0.05) is 6.08 Å². The number of hydrogen-bond donors (Lipinski definition) is 1. The van der Waals surface area contributed by atoms with E-state index in [1.807, 2.05) is 6.92 Å². The molecule has 0 spiro atoms. The van der Waals surface area contributed by atoms with Crippen molar-refractivity contribution in [3.8, 4) is 0 Å². The summed E-state index contributed by atoms with van der Waals surface area (Å²) in [6.07, 6.45) is 3.39. The Morgan fingerprint density at radius 3 is 2.93 bits per heavy atom. The second-order valence-corrected chi connectivity index (χ2v) is 3.05. The largest absolute Gasteiger partial charge is 0.365 e. The molecule has 1 N–H and O–H groups in total. The van der Waals surface area contributed by atoms with Gasteiger partial charge in [-0.2, -0.15) is 0 Å². The first-order valence-electron chi connectivity index (χ1n) is 4.32. The fraction of sp³-hybridized carbons (Fsp3) is 0.300. The van der Waals surface area contributed by atoms with Gasteiger partial charge in [0.1, 0.15) is 5.82 Å². The molecule has 1 atom stereocenters. The summed E-state index contributed by atoms with van der Waals surface area (Å²) in [6.45, 7) is 5.43. The summed E-state index contributed by atoms with van der Waals surface area (Å²) in [5, 5.41) is 2.81. The van der Waals surface area contributed by atoms with E-state index in [9.17, 15) is 8.78 Å². The van der Waals surface area contributed by atoms with Crippen molar-refractivity contribution in [3.63, 3.8) is 0 Å². The van der Waals surface area contributed by atoms with Crippen molar-refractivity contribution in [2.45, 2.75) is 19.4 Å². The summed E-state index contributed by atoms with van der Waals surface area (Å²) in [6, 6.07) is 0.829. The summed E-state index contributed by atoms with van der Waals surface area (Å²) < 4.78 is 25.5. The van der Waals surface area contributed by atoms with Crippen LogP contribution in [0.4, 0.5) is 14.6 Å². The molecule has 1 rings (SSSR count). The summed E-state index contributed by atoms with van der Waals surface area (Å²) in [4.78, 5) is 3.60. The Bertz CT molecular complexity index is 326. The molecular formula is C10H12F2N2. The topological polar surface area (TPSA) is 24.9 Å². The van der Waals surface area contributed by atoms with Gasteiger partial charge in [-0.25, -0.2) is 13.8 Å². The highest BCUT2D eigenvalue weighted by atomic mass is 19.1. The Hall–Kier alpha value is -1.45. The fourth-order valence-corrected chi connectivity index (χ4v) is 1.06. The minimum atomic E-state index is -0.680. The lowest BCUT2D eigenvalue weighted by molar-refractivity contribution is 0.573. The Labute approximate surface area is 81.7 Å². The smallest absolute Gasteiger partial charge is 0.168 e. The number of rotatable bonds is 4. The minimum absolute atomic E-state index is 0.0277. The predicted molar refractivity (Wildman–Crippen MR) is 52.1 cm³/mol. The molecule has 2 nitrogen and oxygen atoms in total. The van der Waals surface area contributed by atoms with Gasteiger partial charge in [0.25, 0.3) is 0 Å². The first-order valence-corrected chi connectivity index (χ1v) is 4.32. The fourth-order valence-electron chi connectivity index (χ4n) is 1.06. The predicted octanol–water partition coefficient (Wildman–Crippen LogP) is 2.74. The maximum atomic E-state index is 13.1. The summed E-state index contributed by atoms with van der Waals surface area (Å²) in [5.74, 6) is -1.29. The highest BCUT2D eigenvalue weighted by Gasteiger charge is 2.07. The summed E-state index contributed by atoms with van der Waals surface area (Å²) in [5.41, 5.74) is 0. The normalized spacial score (nSPS) is 12.2. The van der Waals surface area contributed by atoms with E-state index in [1.54, 1.807) is 6.08 Å². The average molecular weight is 198 g/mol.